The molecular weight excluding hydrogens is 356 g/mol. The van der Waals surface area contributed by atoms with Crippen molar-refractivity contribution in [1.29, 1.82) is 0 Å². The summed E-state index contributed by atoms with van der Waals surface area (Å²) in [7, 11) is 0. The second-order valence-corrected chi connectivity index (χ2v) is 6.11. The van der Waals surface area contributed by atoms with Crippen LogP contribution in [0.3, 0.4) is 0 Å². The Morgan fingerprint density at radius 2 is 1.86 bits per heavy atom. The largest absolute Gasteiger partial charge is 0.445 e. The van der Waals surface area contributed by atoms with E-state index in [0.717, 1.165) is 21.9 Å². The highest BCUT2D eigenvalue weighted by molar-refractivity contribution is 5.92. The van der Waals surface area contributed by atoms with Crippen molar-refractivity contribution in [2.75, 3.05) is 11.9 Å². The van der Waals surface area contributed by atoms with Crippen molar-refractivity contribution in [2.45, 2.75) is 20.1 Å². The summed E-state index contributed by atoms with van der Waals surface area (Å²) in [6.45, 7) is 2.92. The van der Waals surface area contributed by atoms with Gasteiger partial charge in [0.2, 0.25) is 0 Å². The summed E-state index contributed by atoms with van der Waals surface area (Å²) < 4.78 is 5.23. The second kappa shape index (κ2) is 9.36. The van der Waals surface area contributed by atoms with Crippen LogP contribution in [0.15, 0.2) is 60.8 Å². The minimum Gasteiger partial charge on any atom is -0.445 e. The van der Waals surface area contributed by atoms with Gasteiger partial charge in [-0.15, -0.1) is 0 Å². The minimum absolute atomic E-state index is 0.221. The van der Waals surface area contributed by atoms with E-state index < -0.39 is 6.09 Å². The Morgan fingerprint density at radius 3 is 2.64 bits per heavy atom. The Morgan fingerprint density at radius 1 is 1.04 bits per heavy atom. The van der Waals surface area contributed by atoms with Gasteiger partial charge in [0.25, 0.3) is 0 Å². The smallest absolute Gasteiger partial charge is 0.407 e. The number of fused-ring (bicyclic) bond motifs is 1. The summed E-state index contributed by atoms with van der Waals surface area (Å²) in [6, 6.07) is 16.7. The minimum atomic E-state index is -0.483. The maximum absolute atomic E-state index is 12.0. The first kappa shape index (κ1) is 19.2. The van der Waals surface area contributed by atoms with Gasteiger partial charge in [-0.25, -0.2) is 14.6 Å². The molecule has 0 unspecified atom stereocenters. The quantitative estimate of drug-likeness (QED) is 0.608. The van der Waals surface area contributed by atoms with Gasteiger partial charge < -0.3 is 15.4 Å². The second-order valence-electron chi connectivity index (χ2n) is 6.11. The van der Waals surface area contributed by atoms with Crippen molar-refractivity contribution < 1.29 is 14.3 Å². The monoisotopic (exact) mass is 378 g/mol. The summed E-state index contributed by atoms with van der Waals surface area (Å²) in [4.78, 5) is 27.9. The molecule has 0 saturated carbocycles. The molecule has 3 N–H and O–H groups in total. The average molecular weight is 378 g/mol. The predicted molar refractivity (Wildman–Crippen MR) is 108 cm³/mol. The van der Waals surface area contributed by atoms with Gasteiger partial charge in [0.15, 0.2) is 0 Å². The lowest BCUT2D eigenvalue weighted by molar-refractivity contribution is 0.139. The zero-order valence-corrected chi connectivity index (χ0v) is 15.6. The third-order valence-electron chi connectivity index (χ3n) is 4.07. The molecule has 1 heterocycles. The molecule has 3 amide bonds. The van der Waals surface area contributed by atoms with E-state index in [2.05, 4.69) is 20.9 Å². The number of nitrogens with one attached hydrogen (secondary N) is 3. The van der Waals surface area contributed by atoms with Crippen molar-refractivity contribution in [3.8, 4) is 0 Å². The summed E-state index contributed by atoms with van der Waals surface area (Å²) >= 11 is 0. The normalized spacial score (nSPS) is 10.3. The van der Waals surface area contributed by atoms with E-state index in [9.17, 15) is 9.59 Å². The Hall–Kier alpha value is -3.61. The summed E-state index contributed by atoms with van der Waals surface area (Å²) in [5, 5.41) is 9.91. The lowest BCUT2D eigenvalue weighted by Crippen LogP contribution is -2.28. The molecule has 0 atom stereocenters. The molecule has 0 radical (unpaired) electrons. The Labute approximate surface area is 163 Å². The number of pyridine rings is 1. The van der Waals surface area contributed by atoms with Crippen LogP contribution in [0.25, 0.3) is 10.8 Å². The molecule has 0 aliphatic heterocycles. The SMILES string of the molecule is CCNC(=O)Nc1cc2cccc(CNC(=O)OCc3ccccc3)c2cn1. The third-order valence-corrected chi connectivity index (χ3v) is 4.07. The number of hydrogen-bond acceptors (Lipinski definition) is 4. The number of hydrogen-bond donors (Lipinski definition) is 3. The fourth-order valence-corrected chi connectivity index (χ4v) is 2.72. The number of benzene rings is 2. The van der Waals surface area contributed by atoms with Crippen molar-refractivity contribution in [3.63, 3.8) is 0 Å². The van der Waals surface area contributed by atoms with Crippen LogP contribution in [-0.2, 0) is 17.9 Å². The van der Waals surface area contributed by atoms with Gasteiger partial charge in [-0.2, -0.15) is 0 Å². The van der Waals surface area contributed by atoms with E-state index in [1.165, 1.54) is 0 Å². The lowest BCUT2D eigenvalue weighted by Gasteiger charge is -2.10. The van der Waals surface area contributed by atoms with Crippen LogP contribution in [0, 0.1) is 0 Å². The Balaban J connectivity index is 1.61. The fourth-order valence-electron chi connectivity index (χ4n) is 2.72. The third kappa shape index (κ3) is 5.20. The molecule has 7 heteroatoms. The van der Waals surface area contributed by atoms with Crippen molar-refractivity contribution >= 4 is 28.7 Å². The maximum atomic E-state index is 12.0. The molecule has 0 fully saturated rings. The molecule has 28 heavy (non-hydrogen) atoms. The zero-order chi connectivity index (χ0) is 19.8. The number of carbonyl (C=O) groups excluding carboxylic acids is 2. The van der Waals surface area contributed by atoms with Crippen LogP contribution in [0.4, 0.5) is 15.4 Å². The molecule has 0 aliphatic carbocycles. The molecule has 7 nitrogen and oxygen atoms in total. The maximum Gasteiger partial charge on any atom is 0.407 e. The van der Waals surface area contributed by atoms with E-state index in [4.69, 9.17) is 4.74 Å². The topological polar surface area (TPSA) is 92.4 Å². The molecule has 0 spiro atoms. The highest BCUT2D eigenvalue weighted by Crippen LogP contribution is 2.20. The first-order valence-corrected chi connectivity index (χ1v) is 9.02. The first-order chi connectivity index (χ1) is 13.7. The number of ether oxygens (including phenoxy) is 1. The summed E-state index contributed by atoms with van der Waals surface area (Å²) in [5.74, 6) is 0.464. The number of urea groups is 1. The van der Waals surface area contributed by atoms with Crippen LogP contribution in [0.2, 0.25) is 0 Å². The molecule has 0 aliphatic rings. The predicted octanol–water partition coefficient (Wildman–Crippen LogP) is 3.80. The molecular formula is C21H22N4O3. The fraction of sp³-hybridized carbons (Fsp3) is 0.190. The summed E-state index contributed by atoms with van der Waals surface area (Å²) in [6.07, 6.45) is 1.20. The number of alkyl carbamates (subject to hydrolysis) is 1. The van der Waals surface area contributed by atoms with Crippen LogP contribution < -0.4 is 16.0 Å². The van der Waals surface area contributed by atoms with Gasteiger partial charge in [-0.05, 0) is 29.5 Å². The van der Waals surface area contributed by atoms with Gasteiger partial charge in [0.1, 0.15) is 12.4 Å². The Kier molecular flexibility index (Phi) is 6.41. The number of anilines is 1. The summed E-state index contributed by atoms with van der Waals surface area (Å²) in [5.41, 5.74) is 1.84. The van der Waals surface area contributed by atoms with Gasteiger partial charge in [0.05, 0.1) is 0 Å². The highest BCUT2D eigenvalue weighted by Gasteiger charge is 2.08. The van der Waals surface area contributed by atoms with Gasteiger partial charge in [-0.1, -0.05) is 48.5 Å². The van der Waals surface area contributed by atoms with Crippen molar-refractivity contribution in [3.05, 3.63) is 71.9 Å². The number of nitrogens with zero attached hydrogens (tertiary/aromatic N) is 1. The number of amides is 3. The van der Waals surface area contributed by atoms with Gasteiger partial charge in [-0.3, -0.25) is 5.32 Å². The molecule has 3 rings (SSSR count). The Bertz CT molecular complexity index is 960. The molecule has 3 aromatic rings. The van der Waals surface area contributed by atoms with Crippen molar-refractivity contribution in [1.82, 2.24) is 15.6 Å². The van der Waals surface area contributed by atoms with Crippen LogP contribution >= 0.6 is 0 Å². The molecule has 0 bridgehead atoms. The van der Waals surface area contributed by atoms with Gasteiger partial charge >= 0.3 is 12.1 Å². The number of aromatic nitrogens is 1. The van der Waals surface area contributed by atoms with E-state index in [1.54, 1.807) is 12.3 Å². The molecule has 144 valence electrons. The van der Waals surface area contributed by atoms with Crippen LogP contribution in [0.5, 0.6) is 0 Å². The van der Waals surface area contributed by atoms with E-state index in [-0.39, 0.29) is 12.6 Å². The van der Waals surface area contributed by atoms with Crippen LogP contribution in [-0.4, -0.2) is 23.7 Å². The van der Waals surface area contributed by atoms with E-state index in [0.29, 0.717) is 18.9 Å². The molecule has 2 aromatic carbocycles. The van der Waals surface area contributed by atoms with Gasteiger partial charge in [0, 0.05) is 24.7 Å². The standard InChI is InChI=1S/C21H22N4O3/c1-2-22-20(26)25-19-11-16-9-6-10-17(18(16)13-23-19)12-24-21(27)28-14-15-7-4-3-5-8-15/h3-11,13H,2,12,14H2,1H3,(H,24,27)(H2,22,23,25,26). The van der Waals surface area contributed by atoms with E-state index >= 15 is 0 Å². The lowest BCUT2D eigenvalue weighted by atomic mass is 10.1. The molecule has 1 aromatic heterocycles. The average Bonchev–Trinajstić information content (AvgIpc) is 2.71. The zero-order valence-electron chi connectivity index (χ0n) is 15.6. The van der Waals surface area contributed by atoms with Crippen LogP contribution in [0.1, 0.15) is 18.1 Å². The first-order valence-electron chi connectivity index (χ1n) is 9.02. The van der Waals surface area contributed by atoms with Crippen molar-refractivity contribution in [2.24, 2.45) is 0 Å². The van der Waals surface area contributed by atoms with E-state index in [1.807, 2.05) is 55.5 Å². The molecule has 0 saturated heterocycles. The highest BCUT2D eigenvalue weighted by atomic mass is 16.5. The number of carbonyl (C=O) groups is 2. The number of rotatable bonds is 6.